The highest BCUT2D eigenvalue weighted by atomic mass is 32.1. The van der Waals surface area contributed by atoms with Crippen molar-refractivity contribution in [3.05, 3.63) is 88.2 Å². The van der Waals surface area contributed by atoms with E-state index < -0.39 is 11.9 Å². The molecule has 0 saturated heterocycles. The third kappa shape index (κ3) is 4.88. The van der Waals surface area contributed by atoms with Gasteiger partial charge in [0.1, 0.15) is 22.9 Å². The number of nitrogens with zero attached hydrogens (tertiary/aromatic N) is 2. The van der Waals surface area contributed by atoms with Crippen LogP contribution < -0.4 is 10.1 Å². The zero-order valence-electron chi connectivity index (χ0n) is 16.9. The van der Waals surface area contributed by atoms with Gasteiger partial charge in [0.15, 0.2) is 0 Å². The molecule has 9 heteroatoms. The number of carbonyl (C=O) groups is 1. The molecular weight excluding hydrogens is 439 g/mol. The summed E-state index contributed by atoms with van der Waals surface area (Å²) in [6, 6.07) is 15.2. The summed E-state index contributed by atoms with van der Waals surface area (Å²) in [6.07, 6.45) is -2.84. The molecule has 4 rings (SSSR count). The lowest BCUT2D eigenvalue weighted by atomic mass is 10.1. The number of amides is 1. The van der Waals surface area contributed by atoms with Crippen molar-refractivity contribution < 1.29 is 22.7 Å². The summed E-state index contributed by atoms with van der Waals surface area (Å²) in [7, 11) is 0. The summed E-state index contributed by atoms with van der Waals surface area (Å²) >= 11 is 0.952. The van der Waals surface area contributed by atoms with E-state index in [-0.39, 0.29) is 17.3 Å². The molecular formula is C23H18F3N3O2S. The van der Waals surface area contributed by atoms with Crippen LogP contribution in [-0.4, -0.2) is 15.9 Å². The highest BCUT2D eigenvalue weighted by Gasteiger charge is 2.33. The molecule has 0 aliphatic heterocycles. The van der Waals surface area contributed by atoms with Crippen LogP contribution in [0.25, 0.3) is 10.2 Å². The number of rotatable bonds is 6. The SMILES string of the molecule is Cc1c(C(=O)NCc2cccc(OCc3ccccn3)c2)sc2nc(C(F)(F)F)ccc12. The quantitative estimate of drug-likeness (QED) is 0.414. The summed E-state index contributed by atoms with van der Waals surface area (Å²) in [4.78, 5) is 21.1. The Morgan fingerprint density at radius 2 is 1.97 bits per heavy atom. The zero-order chi connectivity index (χ0) is 22.7. The van der Waals surface area contributed by atoms with Crippen LogP contribution in [0.3, 0.4) is 0 Å². The molecule has 1 N–H and O–H groups in total. The number of hydrogen-bond donors (Lipinski definition) is 1. The van der Waals surface area contributed by atoms with Crippen molar-refractivity contribution in [2.75, 3.05) is 0 Å². The third-order valence-electron chi connectivity index (χ3n) is 4.76. The van der Waals surface area contributed by atoms with Crippen LogP contribution in [-0.2, 0) is 19.3 Å². The van der Waals surface area contributed by atoms with Crippen molar-refractivity contribution in [2.24, 2.45) is 0 Å². The third-order valence-corrected chi connectivity index (χ3v) is 5.96. The van der Waals surface area contributed by atoms with Gasteiger partial charge in [-0.1, -0.05) is 18.2 Å². The average molecular weight is 457 g/mol. The van der Waals surface area contributed by atoms with Crippen molar-refractivity contribution in [1.29, 1.82) is 0 Å². The number of fused-ring (bicyclic) bond motifs is 1. The van der Waals surface area contributed by atoms with Gasteiger partial charge in [-0.05, 0) is 54.4 Å². The first-order chi connectivity index (χ1) is 15.3. The second kappa shape index (κ2) is 8.96. The van der Waals surface area contributed by atoms with Gasteiger partial charge in [0, 0.05) is 18.1 Å². The smallest absolute Gasteiger partial charge is 0.433 e. The Labute approximate surface area is 185 Å². The predicted molar refractivity (Wildman–Crippen MR) is 116 cm³/mol. The van der Waals surface area contributed by atoms with E-state index >= 15 is 0 Å². The Morgan fingerprint density at radius 1 is 1.12 bits per heavy atom. The molecule has 4 aromatic rings. The van der Waals surface area contributed by atoms with Gasteiger partial charge < -0.3 is 10.1 Å². The van der Waals surface area contributed by atoms with Gasteiger partial charge in [-0.3, -0.25) is 9.78 Å². The molecule has 0 saturated carbocycles. The predicted octanol–water partition coefficient (Wildman–Crippen LogP) is 5.53. The van der Waals surface area contributed by atoms with Crippen molar-refractivity contribution in [3.63, 3.8) is 0 Å². The van der Waals surface area contributed by atoms with Crippen LogP contribution >= 0.6 is 11.3 Å². The van der Waals surface area contributed by atoms with Gasteiger partial charge >= 0.3 is 6.18 Å². The number of halogens is 3. The number of ether oxygens (including phenoxy) is 1. The molecule has 5 nitrogen and oxygen atoms in total. The fraction of sp³-hybridized carbons (Fsp3) is 0.174. The number of benzene rings is 1. The van der Waals surface area contributed by atoms with Crippen LogP contribution in [0.5, 0.6) is 5.75 Å². The number of alkyl halides is 3. The summed E-state index contributed by atoms with van der Waals surface area (Å²) in [5.41, 5.74) is 1.26. The number of carbonyl (C=O) groups excluding carboxylic acids is 1. The molecule has 3 heterocycles. The molecule has 1 amide bonds. The fourth-order valence-corrected chi connectivity index (χ4v) is 4.22. The number of thiophene rings is 1. The van der Waals surface area contributed by atoms with Crippen LogP contribution in [0, 0.1) is 6.92 Å². The number of aryl methyl sites for hydroxylation is 1. The molecule has 0 fully saturated rings. The Morgan fingerprint density at radius 3 is 2.72 bits per heavy atom. The van der Waals surface area contributed by atoms with Gasteiger partial charge in [0.25, 0.3) is 5.91 Å². The second-order valence-electron chi connectivity index (χ2n) is 7.04. The zero-order valence-corrected chi connectivity index (χ0v) is 17.8. The van der Waals surface area contributed by atoms with Crippen molar-refractivity contribution in [1.82, 2.24) is 15.3 Å². The minimum absolute atomic E-state index is 0.187. The van der Waals surface area contributed by atoms with Gasteiger partial charge in [-0.2, -0.15) is 13.2 Å². The van der Waals surface area contributed by atoms with Crippen LogP contribution in [0.1, 0.15) is 32.2 Å². The van der Waals surface area contributed by atoms with Crippen molar-refractivity contribution in [2.45, 2.75) is 26.3 Å². The van der Waals surface area contributed by atoms with E-state index in [1.165, 1.54) is 6.07 Å². The number of pyridine rings is 2. The molecule has 0 aliphatic carbocycles. The molecule has 1 aromatic carbocycles. The molecule has 3 aromatic heterocycles. The van der Waals surface area contributed by atoms with Gasteiger partial charge in [0.2, 0.25) is 0 Å². The maximum atomic E-state index is 12.9. The molecule has 164 valence electrons. The lowest BCUT2D eigenvalue weighted by Gasteiger charge is -2.09. The minimum atomic E-state index is -4.53. The molecule has 32 heavy (non-hydrogen) atoms. The van der Waals surface area contributed by atoms with Crippen molar-refractivity contribution >= 4 is 27.5 Å². The summed E-state index contributed by atoms with van der Waals surface area (Å²) in [5, 5.41) is 3.36. The van der Waals surface area contributed by atoms with E-state index in [4.69, 9.17) is 4.74 Å². The van der Waals surface area contributed by atoms with Gasteiger partial charge in [0.05, 0.1) is 10.6 Å². The minimum Gasteiger partial charge on any atom is -0.487 e. The molecule has 0 bridgehead atoms. The topological polar surface area (TPSA) is 64.1 Å². The summed E-state index contributed by atoms with van der Waals surface area (Å²) in [5.74, 6) is 0.281. The molecule has 0 atom stereocenters. The average Bonchev–Trinajstić information content (AvgIpc) is 3.12. The molecule has 0 aliphatic rings. The first-order valence-corrected chi connectivity index (χ1v) is 10.5. The van der Waals surface area contributed by atoms with E-state index in [2.05, 4.69) is 15.3 Å². The second-order valence-corrected chi connectivity index (χ2v) is 8.04. The van der Waals surface area contributed by atoms with Crippen LogP contribution in [0.4, 0.5) is 13.2 Å². The summed E-state index contributed by atoms with van der Waals surface area (Å²) in [6.45, 7) is 2.27. The fourth-order valence-electron chi connectivity index (χ4n) is 3.12. The van der Waals surface area contributed by atoms with E-state index in [1.807, 2.05) is 42.5 Å². The Balaban J connectivity index is 1.43. The first kappa shape index (κ1) is 21.8. The molecule has 0 unspecified atom stereocenters. The maximum Gasteiger partial charge on any atom is 0.433 e. The first-order valence-electron chi connectivity index (χ1n) is 9.68. The van der Waals surface area contributed by atoms with Gasteiger partial charge in [-0.15, -0.1) is 11.3 Å². The van der Waals surface area contributed by atoms with Crippen LogP contribution in [0.2, 0.25) is 0 Å². The van der Waals surface area contributed by atoms with E-state index in [0.717, 1.165) is 28.7 Å². The maximum absolute atomic E-state index is 12.9. The summed E-state index contributed by atoms with van der Waals surface area (Å²) < 4.78 is 44.5. The largest absolute Gasteiger partial charge is 0.487 e. The highest BCUT2D eigenvalue weighted by molar-refractivity contribution is 7.20. The number of hydrogen-bond acceptors (Lipinski definition) is 5. The van der Waals surface area contributed by atoms with Gasteiger partial charge in [-0.25, -0.2) is 4.98 Å². The number of aromatic nitrogens is 2. The Kier molecular flexibility index (Phi) is 6.09. The van der Waals surface area contributed by atoms with Crippen molar-refractivity contribution in [3.8, 4) is 5.75 Å². The monoisotopic (exact) mass is 457 g/mol. The van der Waals surface area contributed by atoms with E-state index in [9.17, 15) is 18.0 Å². The lowest BCUT2D eigenvalue weighted by Crippen LogP contribution is -2.22. The van der Waals surface area contributed by atoms with E-state index in [0.29, 0.717) is 28.2 Å². The molecule has 0 spiro atoms. The highest BCUT2D eigenvalue weighted by Crippen LogP contribution is 2.34. The Hall–Kier alpha value is -3.46. The van der Waals surface area contributed by atoms with Crippen LogP contribution in [0.15, 0.2) is 60.8 Å². The normalized spacial score (nSPS) is 11.5. The molecule has 0 radical (unpaired) electrons. The lowest BCUT2D eigenvalue weighted by molar-refractivity contribution is -0.140. The standard InChI is InChI=1S/C23H18F3N3O2S/c1-14-18-8-9-19(23(24,25)26)29-22(18)32-20(14)21(30)28-12-15-5-4-7-17(11-15)31-13-16-6-2-3-10-27-16/h2-11H,12-13H2,1H3,(H,28,30). The number of nitrogens with one attached hydrogen (secondary N) is 1. The van der Waals surface area contributed by atoms with E-state index in [1.54, 1.807) is 13.1 Å². The Bertz CT molecular complexity index is 1260.